The van der Waals surface area contributed by atoms with E-state index in [1.54, 1.807) is 0 Å². The van der Waals surface area contributed by atoms with Crippen molar-refractivity contribution in [2.24, 2.45) is 9.98 Å². The zero-order chi connectivity index (χ0) is 29.5. The molecule has 0 amide bonds. The van der Waals surface area contributed by atoms with Crippen LogP contribution in [0.25, 0.3) is 0 Å². The molecule has 0 saturated carbocycles. The zero-order valence-corrected chi connectivity index (χ0v) is 23.5. The summed E-state index contributed by atoms with van der Waals surface area (Å²) in [6, 6.07) is 0. The second-order valence-corrected chi connectivity index (χ2v) is 9.53. The van der Waals surface area contributed by atoms with E-state index in [2.05, 4.69) is 23.8 Å². The van der Waals surface area contributed by atoms with E-state index in [0.717, 1.165) is 51.4 Å². The van der Waals surface area contributed by atoms with Crippen molar-refractivity contribution in [2.75, 3.05) is 72.0 Å². The van der Waals surface area contributed by atoms with E-state index in [-0.39, 0.29) is 39.3 Å². The Morgan fingerprint density at radius 3 is 1.28 bits per heavy atom. The maximum absolute atomic E-state index is 12.2. The average molecular weight is 557 g/mol. The van der Waals surface area contributed by atoms with E-state index >= 15 is 0 Å². The van der Waals surface area contributed by atoms with Crippen LogP contribution in [0.2, 0.25) is 0 Å². The van der Waals surface area contributed by atoms with Crippen LogP contribution in [0, 0.1) is 0 Å². The molecule has 0 aromatic rings. The van der Waals surface area contributed by atoms with Gasteiger partial charge in [0.15, 0.2) is 0 Å². The molecule has 0 spiro atoms. The van der Waals surface area contributed by atoms with Crippen LogP contribution in [0.5, 0.6) is 0 Å². The molecule has 0 aliphatic carbocycles. The molecule has 226 valence electrons. The molecule has 0 saturated heterocycles. The molecular formula is C26H46N5O8-3. The summed E-state index contributed by atoms with van der Waals surface area (Å²) in [5.41, 5.74) is 0. The van der Waals surface area contributed by atoms with Crippen molar-refractivity contribution in [1.29, 1.82) is 0 Å². The SMILES string of the molecule is CCCCCCN=C([O-])CN(CCN(CCN(CC(=O)O)CC([O-])=NCCCCCC)CC(=O)[O-])CC(=O)O. The second-order valence-electron chi connectivity index (χ2n) is 9.53. The summed E-state index contributed by atoms with van der Waals surface area (Å²) in [7, 11) is 0. The lowest BCUT2D eigenvalue weighted by atomic mass is 10.2. The third-order valence-corrected chi connectivity index (χ3v) is 5.85. The van der Waals surface area contributed by atoms with Crippen molar-refractivity contribution in [3.63, 3.8) is 0 Å². The number of carboxylic acids is 3. The van der Waals surface area contributed by atoms with Crippen LogP contribution in [-0.2, 0) is 14.4 Å². The minimum atomic E-state index is -1.36. The predicted octanol–water partition coefficient (Wildman–Crippen LogP) is -1.51. The first-order valence-corrected chi connectivity index (χ1v) is 13.8. The fourth-order valence-corrected chi connectivity index (χ4v) is 3.80. The maximum atomic E-state index is 12.2. The Bertz CT molecular complexity index is 709. The Kier molecular flexibility index (Phi) is 21.5. The van der Waals surface area contributed by atoms with Crippen molar-refractivity contribution in [1.82, 2.24) is 14.7 Å². The van der Waals surface area contributed by atoms with Gasteiger partial charge in [0.05, 0.1) is 19.1 Å². The fraction of sp³-hybridized carbons (Fsp3) is 0.808. The number of carboxylic acid groups (broad SMARTS) is 3. The van der Waals surface area contributed by atoms with Gasteiger partial charge in [-0.25, -0.2) is 0 Å². The Morgan fingerprint density at radius 1 is 0.564 bits per heavy atom. The van der Waals surface area contributed by atoms with Crippen LogP contribution < -0.4 is 15.3 Å². The molecule has 13 heteroatoms. The van der Waals surface area contributed by atoms with Gasteiger partial charge in [-0.2, -0.15) is 0 Å². The highest BCUT2D eigenvalue weighted by Crippen LogP contribution is 2.01. The summed E-state index contributed by atoms with van der Waals surface area (Å²) >= 11 is 0. The number of nitrogens with zero attached hydrogens (tertiary/aromatic N) is 5. The van der Waals surface area contributed by atoms with Gasteiger partial charge in [0.1, 0.15) is 0 Å². The normalized spacial score (nSPS) is 12.5. The highest BCUT2D eigenvalue weighted by molar-refractivity contribution is 5.76. The van der Waals surface area contributed by atoms with Crippen molar-refractivity contribution in [3.8, 4) is 0 Å². The molecular weight excluding hydrogens is 510 g/mol. The van der Waals surface area contributed by atoms with Gasteiger partial charge in [0, 0.05) is 58.9 Å². The second kappa shape index (κ2) is 23.1. The number of aliphatic carboxylic acids is 3. The van der Waals surface area contributed by atoms with Crippen LogP contribution >= 0.6 is 0 Å². The summed E-state index contributed by atoms with van der Waals surface area (Å²) in [6.45, 7) is 3.47. The lowest BCUT2D eigenvalue weighted by Crippen LogP contribution is -2.48. The number of hydrogen-bond acceptors (Lipinski definition) is 11. The maximum Gasteiger partial charge on any atom is 0.317 e. The van der Waals surface area contributed by atoms with E-state index in [4.69, 9.17) is 0 Å². The van der Waals surface area contributed by atoms with Crippen molar-refractivity contribution < 1.29 is 39.9 Å². The lowest BCUT2D eigenvalue weighted by molar-refractivity contribution is -0.306. The van der Waals surface area contributed by atoms with Gasteiger partial charge in [0.2, 0.25) is 0 Å². The highest BCUT2D eigenvalue weighted by atomic mass is 16.4. The van der Waals surface area contributed by atoms with Crippen LogP contribution in [0.4, 0.5) is 0 Å². The summed E-state index contributed by atoms with van der Waals surface area (Å²) in [6.07, 6.45) is 7.69. The van der Waals surface area contributed by atoms with Crippen molar-refractivity contribution in [3.05, 3.63) is 0 Å². The molecule has 0 heterocycles. The Morgan fingerprint density at radius 2 is 0.949 bits per heavy atom. The monoisotopic (exact) mass is 556 g/mol. The molecule has 0 aromatic heterocycles. The summed E-state index contributed by atoms with van der Waals surface area (Å²) in [5.74, 6) is -4.52. The fourth-order valence-electron chi connectivity index (χ4n) is 3.80. The summed E-state index contributed by atoms with van der Waals surface area (Å²) in [5, 5.41) is 54.2. The molecule has 0 atom stereocenters. The largest absolute Gasteiger partial charge is 0.861 e. The number of unbranched alkanes of at least 4 members (excludes halogenated alkanes) is 6. The highest BCUT2D eigenvalue weighted by Gasteiger charge is 2.15. The first-order valence-electron chi connectivity index (χ1n) is 13.8. The van der Waals surface area contributed by atoms with Gasteiger partial charge in [-0.05, 0) is 24.6 Å². The number of aliphatic imine (C=N–C) groups is 2. The number of carbonyl (C=O) groups is 3. The van der Waals surface area contributed by atoms with Crippen LogP contribution in [0.3, 0.4) is 0 Å². The van der Waals surface area contributed by atoms with Gasteiger partial charge in [-0.15, -0.1) is 0 Å². The van der Waals surface area contributed by atoms with E-state index in [0.29, 0.717) is 13.1 Å². The predicted molar refractivity (Wildman–Crippen MR) is 142 cm³/mol. The molecule has 0 rings (SSSR count). The zero-order valence-electron chi connectivity index (χ0n) is 23.5. The average Bonchev–Trinajstić information content (AvgIpc) is 2.84. The third-order valence-electron chi connectivity index (χ3n) is 5.85. The Hall–Kier alpha value is -2.77. The van der Waals surface area contributed by atoms with E-state index in [1.807, 2.05) is 0 Å². The topological polar surface area (TPSA) is 195 Å². The van der Waals surface area contributed by atoms with Crippen LogP contribution in [-0.4, -0.2) is 127 Å². The molecule has 0 unspecified atom stereocenters. The van der Waals surface area contributed by atoms with Crippen LogP contribution in [0.15, 0.2) is 9.98 Å². The first-order chi connectivity index (χ1) is 18.6. The number of rotatable bonds is 26. The van der Waals surface area contributed by atoms with Gasteiger partial charge >= 0.3 is 11.9 Å². The van der Waals surface area contributed by atoms with Crippen LogP contribution in [0.1, 0.15) is 65.2 Å². The molecule has 0 radical (unpaired) electrons. The molecule has 0 aliphatic heterocycles. The third kappa shape index (κ3) is 22.9. The molecule has 13 nitrogen and oxygen atoms in total. The standard InChI is InChI=1S/C26H49N5O8/c1-3-5-7-9-11-27-22(32)17-30(20-25(36)37)15-13-29(19-24(34)35)14-16-31(21-26(38)39)18-23(33)28-12-10-8-6-4-2/h3-21H2,1-2H3,(H,27,32)(H,28,33)(H,34,35)(H,36,37)(H,38,39)/p-3. The minimum Gasteiger partial charge on any atom is -0.861 e. The summed E-state index contributed by atoms with van der Waals surface area (Å²) < 4.78 is 0. The van der Waals surface area contributed by atoms with E-state index in [1.165, 1.54) is 14.7 Å². The molecule has 2 N–H and O–H groups in total. The molecule has 0 bridgehead atoms. The Balaban J connectivity index is 5.08. The molecule has 0 fully saturated rings. The quantitative estimate of drug-likeness (QED) is 0.0714. The lowest BCUT2D eigenvalue weighted by Gasteiger charge is -2.30. The van der Waals surface area contributed by atoms with Gasteiger partial charge in [0.25, 0.3) is 0 Å². The smallest absolute Gasteiger partial charge is 0.317 e. The minimum absolute atomic E-state index is 0.0711. The number of hydrogen-bond donors (Lipinski definition) is 2. The van der Waals surface area contributed by atoms with E-state index in [9.17, 15) is 39.9 Å². The van der Waals surface area contributed by atoms with Gasteiger partial charge in [-0.1, -0.05) is 52.4 Å². The Labute approximate surface area is 231 Å². The number of carbonyl (C=O) groups excluding carboxylic acids is 1. The van der Waals surface area contributed by atoms with Gasteiger partial charge < -0.3 is 40.3 Å². The van der Waals surface area contributed by atoms with Crippen molar-refractivity contribution >= 4 is 29.7 Å². The van der Waals surface area contributed by atoms with Gasteiger partial charge in [-0.3, -0.25) is 24.3 Å². The summed E-state index contributed by atoms with van der Waals surface area (Å²) in [4.78, 5) is 46.0. The van der Waals surface area contributed by atoms with E-state index < -0.39 is 49.3 Å². The molecule has 0 aliphatic rings. The molecule has 0 aromatic carbocycles. The first kappa shape index (κ1) is 36.2. The van der Waals surface area contributed by atoms with Crippen molar-refractivity contribution in [2.45, 2.75) is 65.2 Å². The molecule has 39 heavy (non-hydrogen) atoms.